The van der Waals surface area contributed by atoms with E-state index in [2.05, 4.69) is 10.2 Å². The second kappa shape index (κ2) is 8.03. The Morgan fingerprint density at radius 3 is 2.71 bits per heavy atom. The van der Waals surface area contributed by atoms with Gasteiger partial charge in [-0.05, 0) is 36.2 Å². The lowest BCUT2D eigenvalue weighted by atomic mass is 10.1. The molecular formula is C19H19FN4O4. The second-order valence-corrected chi connectivity index (χ2v) is 6.38. The van der Waals surface area contributed by atoms with Crippen LogP contribution in [0.2, 0.25) is 0 Å². The minimum atomic E-state index is -1.12. The summed E-state index contributed by atoms with van der Waals surface area (Å²) >= 11 is 0. The molecule has 0 aliphatic heterocycles. The fraction of sp³-hybridized carbons (Fsp3) is 0.263. The molecule has 28 heavy (non-hydrogen) atoms. The third kappa shape index (κ3) is 4.61. The summed E-state index contributed by atoms with van der Waals surface area (Å²) in [6, 6.07) is 4.92. The first-order valence-electron chi connectivity index (χ1n) is 8.56. The van der Waals surface area contributed by atoms with Crippen molar-refractivity contribution in [3.05, 3.63) is 53.9 Å². The van der Waals surface area contributed by atoms with Gasteiger partial charge in [0.2, 0.25) is 0 Å². The van der Waals surface area contributed by atoms with E-state index in [1.165, 1.54) is 6.07 Å². The number of carboxylic acids is 1. The van der Waals surface area contributed by atoms with Crippen molar-refractivity contribution in [1.82, 2.24) is 19.6 Å². The molecule has 9 heteroatoms. The topological polar surface area (TPSA) is 99.2 Å². The monoisotopic (exact) mass is 386 g/mol. The zero-order valence-electron chi connectivity index (χ0n) is 15.4. The smallest absolute Gasteiger partial charge is 0.311 e. The van der Waals surface area contributed by atoms with Gasteiger partial charge in [-0.15, -0.1) is 0 Å². The summed E-state index contributed by atoms with van der Waals surface area (Å²) in [5.41, 5.74) is 2.51. The number of hydrogen-bond acceptors (Lipinski definition) is 5. The zero-order chi connectivity index (χ0) is 20.3. The Hall–Kier alpha value is -3.49. The quantitative estimate of drug-likeness (QED) is 0.495. The van der Waals surface area contributed by atoms with E-state index in [4.69, 9.17) is 9.84 Å². The van der Waals surface area contributed by atoms with E-state index in [0.29, 0.717) is 17.7 Å². The number of aryl methyl sites for hydroxylation is 2. The number of hydrogen-bond donors (Lipinski definition) is 1. The molecular weight excluding hydrogens is 367 g/mol. The lowest BCUT2D eigenvalue weighted by Gasteiger charge is -2.09. The normalized spacial score (nSPS) is 10.8. The molecule has 146 valence electrons. The summed E-state index contributed by atoms with van der Waals surface area (Å²) in [4.78, 5) is 22.3. The van der Waals surface area contributed by atoms with E-state index in [9.17, 15) is 14.0 Å². The Balaban J connectivity index is 1.79. The predicted molar refractivity (Wildman–Crippen MR) is 97.2 cm³/mol. The lowest BCUT2D eigenvalue weighted by Crippen LogP contribution is -2.11. The van der Waals surface area contributed by atoms with Gasteiger partial charge in [-0.2, -0.15) is 10.2 Å². The van der Waals surface area contributed by atoms with Gasteiger partial charge in [0.05, 0.1) is 31.3 Å². The first-order valence-corrected chi connectivity index (χ1v) is 8.56. The number of halogens is 1. The molecule has 0 saturated heterocycles. The Kier molecular flexibility index (Phi) is 5.53. The largest absolute Gasteiger partial charge is 0.481 e. The van der Waals surface area contributed by atoms with E-state index in [1.54, 1.807) is 34.7 Å². The molecule has 3 rings (SSSR count). The molecule has 0 unspecified atom stereocenters. The van der Waals surface area contributed by atoms with E-state index >= 15 is 0 Å². The SMILES string of the molecule is Cc1cc(-c2cnn(Cc3ccn(C)n3)c2)cc(OC(=O)CCC(=O)O)c1F. The van der Waals surface area contributed by atoms with Crippen molar-refractivity contribution in [2.75, 3.05) is 0 Å². The van der Waals surface area contributed by atoms with Crippen LogP contribution in [0.25, 0.3) is 11.1 Å². The average Bonchev–Trinajstić information content (AvgIpc) is 3.26. The highest BCUT2D eigenvalue weighted by Crippen LogP contribution is 2.29. The molecule has 0 saturated carbocycles. The van der Waals surface area contributed by atoms with Crippen LogP contribution in [-0.2, 0) is 23.2 Å². The number of esters is 1. The number of rotatable bonds is 7. The van der Waals surface area contributed by atoms with Crippen molar-refractivity contribution in [2.45, 2.75) is 26.3 Å². The maximum absolute atomic E-state index is 14.3. The van der Waals surface area contributed by atoms with Crippen LogP contribution in [0.15, 0.2) is 36.8 Å². The third-order valence-electron chi connectivity index (χ3n) is 4.05. The summed E-state index contributed by atoms with van der Waals surface area (Å²) in [5.74, 6) is -2.82. The number of aliphatic carboxylic acids is 1. The third-order valence-corrected chi connectivity index (χ3v) is 4.05. The van der Waals surface area contributed by atoms with Crippen LogP contribution in [0.4, 0.5) is 4.39 Å². The van der Waals surface area contributed by atoms with Crippen LogP contribution < -0.4 is 4.74 Å². The van der Waals surface area contributed by atoms with Crippen LogP contribution in [0.1, 0.15) is 24.1 Å². The van der Waals surface area contributed by atoms with Gasteiger partial charge < -0.3 is 9.84 Å². The molecule has 0 spiro atoms. The highest BCUT2D eigenvalue weighted by Gasteiger charge is 2.16. The molecule has 1 aromatic carbocycles. The Morgan fingerprint density at radius 2 is 2.04 bits per heavy atom. The van der Waals surface area contributed by atoms with Crippen LogP contribution in [0, 0.1) is 12.7 Å². The van der Waals surface area contributed by atoms with Crippen molar-refractivity contribution < 1.29 is 23.8 Å². The maximum atomic E-state index is 14.3. The molecule has 2 aromatic heterocycles. The van der Waals surface area contributed by atoms with E-state index in [0.717, 1.165) is 11.3 Å². The van der Waals surface area contributed by atoms with Crippen LogP contribution in [-0.4, -0.2) is 36.6 Å². The van der Waals surface area contributed by atoms with Gasteiger partial charge in [-0.3, -0.25) is 19.0 Å². The van der Waals surface area contributed by atoms with E-state index < -0.39 is 17.8 Å². The first kappa shape index (κ1) is 19.3. The number of carbonyl (C=O) groups is 2. The van der Waals surface area contributed by atoms with Crippen LogP contribution >= 0.6 is 0 Å². The number of carboxylic acid groups (broad SMARTS) is 1. The molecule has 3 aromatic rings. The lowest BCUT2D eigenvalue weighted by molar-refractivity contribution is -0.142. The number of aromatic nitrogens is 4. The Morgan fingerprint density at radius 1 is 1.25 bits per heavy atom. The number of ether oxygens (including phenoxy) is 1. The molecule has 2 heterocycles. The number of benzene rings is 1. The summed E-state index contributed by atoms with van der Waals surface area (Å²) < 4.78 is 22.8. The molecule has 0 bridgehead atoms. The molecule has 8 nitrogen and oxygen atoms in total. The number of carbonyl (C=O) groups excluding carboxylic acids is 1. The van der Waals surface area contributed by atoms with Gasteiger partial charge in [-0.25, -0.2) is 4.39 Å². The fourth-order valence-corrected chi connectivity index (χ4v) is 2.67. The summed E-state index contributed by atoms with van der Waals surface area (Å²) in [5, 5.41) is 17.2. The fourth-order valence-electron chi connectivity index (χ4n) is 2.67. The van der Waals surface area contributed by atoms with E-state index in [1.807, 2.05) is 19.3 Å². The van der Waals surface area contributed by atoms with Gasteiger partial charge in [0.15, 0.2) is 11.6 Å². The van der Waals surface area contributed by atoms with Gasteiger partial charge >= 0.3 is 11.9 Å². The molecule has 0 aliphatic rings. The molecule has 0 aliphatic carbocycles. The number of nitrogens with zero attached hydrogens (tertiary/aromatic N) is 4. The molecule has 0 atom stereocenters. The van der Waals surface area contributed by atoms with Crippen molar-refractivity contribution in [2.24, 2.45) is 7.05 Å². The van der Waals surface area contributed by atoms with Crippen LogP contribution in [0.3, 0.4) is 0 Å². The first-order chi connectivity index (χ1) is 13.3. The molecule has 0 amide bonds. The highest BCUT2D eigenvalue weighted by molar-refractivity contribution is 5.78. The zero-order valence-corrected chi connectivity index (χ0v) is 15.4. The van der Waals surface area contributed by atoms with Gasteiger partial charge in [-0.1, -0.05) is 0 Å². The van der Waals surface area contributed by atoms with Crippen molar-refractivity contribution in [3.8, 4) is 16.9 Å². The molecule has 1 N–H and O–H groups in total. The van der Waals surface area contributed by atoms with Crippen molar-refractivity contribution in [3.63, 3.8) is 0 Å². The van der Waals surface area contributed by atoms with Crippen molar-refractivity contribution in [1.29, 1.82) is 0 Å². The predicted octanol–water partition coefficient (Wildman–Crippen LogP) is 2.55. The highest BCUT2D eigenvalue weighted by atomic mass is 19.1. The van der Waals surface area contributed by atoms with Crippen molar-refractivity contribution >= 4 is 11.9 Å². The molecule has 0 radical (unpaired) electrons. The molecule has 0 fully saturated rings. The van der Waals surface area contributed by atoms with E-state index in [-0.39, 0.29) is 18.6 Å². The average molecular weight is 386 g/mol. The van der Waals surface area contributed by atoms with Gasteiger partial charge in [0.1, 0.15) is 0 Å². The summed E-state index contributed by atoms with van der Waals surface area (Å²) in [7, 11) is 1.83. The minimum absolute atomic E-state index is 0.233. The summed E-state index contributed by atoms with van der Waals surface area (Å²) in [6.07, 6.45) is 4.55. The summed E-state index contributed by atoms with van der Waals surface area (Å²) in [6.45, 7) is 2.05. The second-order valence-electron chi connectivity index (χ2n) is 6.38. The van der Waals surface area contributed by atoms with Gasteiger partial charge in [0, 0.05) is 25.0 Å². The Labute approximate surface area is 160 Å². The maximum Gasteiger partial charge on any atom is 0.311 e. The Bertz CT molecular complexity index is 1020. The van der Waals surface area contributed by atoms with Gasteiger partial charge in [0.25, 0.3) is 0 Å². The minimum Gasteiger partial charge on any atom is -0.481 e. The standard InChI is InChI=1S/C19H19FN4O4/c1-12-7-13(8-16(19(12)20)28-18(27)4-3-17(25)26)14-9-21-24(10-14)11-15-5-6-23(2)22-15/h5-10H,3-4,11H2,1-2H3,(H,25,26). The van der Waals surface area contributed by atoms with Crippen LogP contribution in [0.5, 0.6) is 5.75 Å².